The van der Waals surface area contributed by atoms with Crippen LogP contribution in [0.5, 0.6) is 0 Å². The maximum Gasteiger partial charge on any atom is 0.245 e. The fourth-order valence-electron chi connectivity index (χ4n) is 1.62. The van der Waals surface area contributed by atoms with Crippen molar-refractivity contribution in [1.29, 1.82) is 0 Å². The van der Waals surface area contributed by atoms with Crippen molar-refractivity contribution >= 4 is 44.2 Å². The first-order chi connectivity index (χ1) is 8.70. The van der Waals surface area contributed by atoms with Gasteiger partial charge in [-0.2, -0.15) is 0 Å². The van der Waals surface area contributed by atoms with Crippen molar-refractivity contribution in [2.45, 2.75) is 26.8 Å². The van der Waals surface area contributed by atoms with Gasteiger partial charge in [0.05, 0.1) is 11.4 Å². The first-order valence-corrected chi connectivity index (χ1v) is 8.04. The number of nitrogens with zero attached hydrogens (tertiary/aromatic N) is 1. The van der Waals surface area contributed by atoms with Gasteiger partial charge in [-0.05, 0) is 56.1 Å². The summed E-state index contributed by atoms with van der Waals surface area (Å²) in [6, 6.07) is 3.80. The molecular formula is C12H15Cl2NO3S. The van der Waals surface area contributed by atoms with Crippen LogP contribution in [0.2, 0.25) is 5.02 Å². The van der Waals surface area contributed by atoms with Gasteiger partial charge in [-0.25, -0.2) is 8.42 Å². The second-order valence-electron chi connectivity index (χ2n) is 4.11. The molecule has 0 aromatic heterocycles. The summed E-state index contributed by atoms with van der Waals surface area (Å²) in [5.74, 6) is -0.122. The summed E-state index contributed by atoms with van der Waals surface area (Å²) in [4.78, 5) is 11.3. The first kappa shape index (κ1) is 16.3. The minimum absolute atomic E-state index is 0.122. The number of halogens is 2. The van der Waals surface area contributed by atoms with E-state index in [2.05, 4.69) is 0 Å². The number of sulfonamides is 1. The van der Waals surface area contributed by atoms with Crippen molar-refractivity contribution in [3.05, 3.63) is 28.8 Å². The van der Waals surface area contributed by atoms with Crippen LogP contribution in [0.1, 0.15) is 19.4 Å². The van der Waals surface area contributed by atoms with Gasteiger partial charge in [-0.1, -0.05) is 11.6 Å². The predicted molar refractivity (Wildman–Crippen MR) is 78.5 cm³/mol. The Morgan fingerprint density at radius 2 is 2.00 bits per heavy atom. The zero-order valence-electron chi connectivity index (χ0n) is 10.9. The number of benzene rings is 1. The van der Waals surface area contributed by atoms with E-state index in [-0.39, 0.29) is 5.75 Å². The van der Waals surface area contributed by atoms with E-state index in [0.717, 1.165) is 9.87 Å². The van der Waals surface area contributed by atoms with Crippen LogP contribution in [-0.2, 0) is 14.8 Å². The Bertz CT molecular complexity index is 587. The normalized spacial score (nSPS) is 13.1. The van der Waals surface area contributed by atoms with Crippen molar-refractivity contribution in [3.8, 4) is 0 Å². The fourth-order valence-corrected chi connectivity index (χ4v) is 3.19. The van der Waals surface area contributed by atoms with E-state index < -0.39 is 21.3 Å². The number of hydrogen-bond acceptors (Lipinski definition) is 3. The van der Waals surface area contributed by atoms with Crippen molar-refractivity contribution in [1.82, 2.24) is 0 Å². The average molecular weight is 324 g/mol. The highest BCUT2D eigenvalue weighted by molar-refractivity contribution is 7.92. The number of carbonyl (C=O) groups is 1. The summed E-state index contributed by atoms with van der Waals surface area (Å²) in [5, 5.41) is -0.202. The van der Waals surface area contributed by atoms with Crippen LogP contribution in [0.15, 0.2) is 18.2 Å². The summed E-state index contributed by atoms with van der Waals surface area (Å²) >= 11 is 11.4. The summed E-state index contributed by atoms with van der Waals surface area (Å²) in [6.07, 6.45) is 0. The summed E-state index contributed by atoms with van der Waals surface area (Å²) in [7, 11) is -3.60. The molecule has 19 heavy (non-hydrogen) atoms. The van der Waals surface area contributed by atoms with E-state index in [1.54, 1.807) is 25.1 Å². The third-order valence-electron chi connectivity index (χ3n) is 2.74. The van der Waals surface area contributed by atoms with Crippen LogP contribution in [0, 0.1) is 6.92 Å². The maximum absolute atomic E-state index is 12.1. The molecule has 1 atom stereocenters. The molecule has 0 heterocycles. The highest BCUT2D eigenvalue weighted by Crippen LogP contribution is 2.27. The lowest BCUT2D eigenvalue weighted by Gasteiger charge is -2.28. The first-order valence-electron chi connectivity index (χ1n) is 5.68. The largest absolute Gasteiger partial charge is 0.279 e. The SMILES string of the molecule is CCS(=O)(=O)N(c1ccc(Cl)c(C)c1)C(C)C(=O)Cl. The van der Waals surface area contributed by atoms with E-state index in [4.69, 9.17) is 23.2 Å². The van der Waals surface area contributed by atoms with E-state index in [1.165, 1.54) is 13.8 Å². The molecule has 0 radical (unpaired) electrons. The topological polar surface area (TPSA) is 54.5 Å². The van der Waals surface area contributed by atoms with Crippen LogP contribution in [-0.4, -0.2) is 25.5 Å². The minimum Gasteiger partial charge on any atom is -0.279 e. The molecule has 0 amide bonds. The molecule has 1 unspecified atom stereocenters. The summed E-state index contributed by atoms with van der Waals surface area (Å²) in [5.41, 5.74) is 1.11. The van der Waals surface area contributed by atoms with Crippen molar-refractivity contribution < 1.29 is 13.2 Å². The highest BCUT2D eigenvalue weighted by Gasteiger charge is 2.30. The zero-order chi connectivity index (χ0) is 14.8. The molecule has 1 aromatic rings. The quantitative estimate of drug-likeness (QED) is 0.783. The molecule has 0 bridgehead atoms. The average Bonchev–Trinajstić information content (AvgIpc) is 2.33. The monoisotopic (exact) mass is 323 g/mol. The maximum atomic E-state index is 12.1. The molecule has 1 rings (SSSR count). The molecule has 0 N–H and O–H groups in total. The second kappa shape index (κ2) is 6.11. The molecule has 0 spiro atoms. The fraction of sp³-hybridized carbons (Fsp3) is 0.417. The van der Waals surface area contributed by atoms with Crippen LogP contribution in [0.3, 0.4) is 0 Å². The number of hydrogen-bond donors (Lipinski definition) is 0. The number of aryl methyl sites for hydroxylation is 1. The van der Waals surface area contributed by atoms with Gasteiger partial charge in [0, 0.05) is 5.02 Å². The van der Waals surface area contributed by atoms with Gasteiger partial charge in [0.1, 0.15) is 6.04 Å². The van der Waals surface area contributed by atoms with Gasteiger partial charge < -0.3 is 0 Å². The molecule has 7 heteroatoms. The Morgan fingerprint density at radius 3 is 2.42 bits per heavy atom. The van der Waals surface area contributed by atoms with Crippen LogP contribution in [0.4, 0.5) is 5.69 Å². The van der Waals surface area contributed by atoms with Crippen molar-refractivity contribution in [2.24, 2.45) is 0 Å². The Morgan fingerprint density at radius 1 is 1.42 bits per heavy atom. The number of anilines is 1. The second-order valence-corrected chi connectivity index (χ2v) is 7.02. The third kappa shape index (κ3) is 3.61. The van der Waals surface area contributed by atoms with E-state index >= 15 is 0 Å². The predicted octanol–water partition coefficient (Wildman–Crippen LogP) is 2.96. The summed E-state index contributed by atoms with van der Waals surface area (Å²) in [6.45, 7) is 4.72. The van der Waals surface area contributed by atoms with E-state index in [1.807, 2.05) is 0 Å². The number of rotatable bonds is 5. The standard InChI is InChI=1S/C12H15Cl2NO3S/c1-4-19(17,18)15(9(3)12(14)16)10-5-6-11(13)8(2)7-10/h5-7,9H,4H2,1-3H3. The molecule has 0 fully saturated rings. The Labute approximate surface area is 123 Å². The molecule has 0 aliphatic carbocycles. The third-order valence-corrected chi connectivity index (χ3v) is 5.34. The van der Waals surface area contributed by atoms with Gasteiger partial charge in [-0.15, -0.1) is 0 Å². The Balaban J connectivity index is 3.39. The minimum atomic E-state index is -3.60. The molecule has 1 aromatic carbocycles. The van der Waals surface area contributed by atoms with Gasteiger partial charge in [0.25, 0.3) is 0 Å². The van der Waals surface area contributed by atoms with E-state index in [9.17, 15) is 13.2 Å². The number of carbonyl (C=O) groups excluding carboxylic acids is 1. The summed E-state index contributed by atoms with van der Waals surface area (Å²) < 4.78 is 25.3. The van der Waals surface area contributed by atoms with Crippen LogP contribution in [0.25, 0.3) is 0 Å². The van der Waals surface area contributed by atoms with Gasteiger partial charge >= 0.3 is 0 Å². The molecule has 0 aliphatic heterocycles. The van der Waals surface area contributed by atoms with Crippen molar-refractivity contribution in [3.63, 3.8) is 0 Å². The lowest BCUT2D eigenvalue weighted by Crippen LogP contribution is -2.42. The lowest BCUT2D eigenvalue weighted by molar-refractivity contribution is -0.112. The smallest absolute Gasteiger partial charge is 0.245 e. The zero-order valence-corrected chi connectivity index (χ0v) is 13.2. The molecule has 4 nitrogen and oxygen atoms in total. The molecule has 0 aliphatic rings. The lowest BCUT2D eigenvalue weighted by atomic mass is 10.2. The molecule has 0 saturated carbocycles. The Kier molecular flexibility index (Phi) is 5.24. The molecule has 0 saturated heterocycles. The molecular weight excluding hydrogens is 309 g/mol. The van der Waals surface area contributed by atoms with Gasteiger partial charge in [0.2, 0.25) is 15.3 Å². The van der Waals surface area contributed by atoms with Crippen LogP contribution >= 0.6 is 23.2 Å². The van der Waals surface area contributed by atoms with Gasteiger partial charge in [0.15, 0.2) is 0 Å². The van der Waals surface area contributed by atoms with Gasteiger partial charge in [-0.3, -0.25) is 9.10 Å². The van der Waals surface area contributed by atoms with Crippen LogP contribution < -0.4 is 4.31 Å². The highest BCUT2D eigenvalue weighted by atomic mass is 35.5. The molecule has 106 valence electrons. The Hall–Kier alpha value is -0.780. The van der Waals surface area contributed by atoms with Crippen molar-refractivity contribution in [2.75, 3.05) is 10.1 Å². The van der Waals surface area contributed by atoms with E-state index in [0.29, 0.717) is 10.7 Å².